The maximum atomic E-state index is 12.8. The highest BCUT2D eigenvalue weighted by Crippen LogP contribution is 2.39. The van der Waals surface area contributed by atoms with Gasteiger partial charge in [-0.05, 0) is 63.1 Å². The number of rotatable bonds is 4. The lowest BCUT2D eigenvalue weighted by Crippen LogP contribution is -2.27. The Labute approximate surface area is 185 Å². The Morgan fingerprint density at radius 2 is 1.93 bits per heavy atom. The van der Waals surface area contributed by atoms with Crippen LogP contribution in [0.3, 0.4) is 0 Å². The molecule has 0 N–H and O–H groups in total. The molecular weight excluding hydrogens is 480 g/mol. The number of hydrogen-bond donors (Lipinski definition) is 0. The summed E-state index contributed by atoms with van der Waals surface area (Å²) in [6.45, 7) is 0.197. The number of benzene rings is 2. The molecule has 0 atom stereocenters. The van der Waals surface area contributed by atoms with Crippen LogP contribution in [0.1, 0.15) is 11.1 Å². The van der Waals surface area contributed by atoms with E-state index >= 15 is 0 Å². The first-order valence-corrected chi connectivity index (χ1v) is 10.6. The average Bonchev–Trinajstić information content (AvgIpc) is 3.21. The molecule has 4 rings (SSSR count). The summed E-state index contributed by atoms with van der Waals surface area (Å²) in [5.74, 6) is 0.763. The predicted octanol–water partition coefficient (Wildman–Crippen LogP) is 5.13. The van der Waals surface area contributed by atoms with Gasteiger partial charge in [0, 0.05) is 29.7 Å². The van der Waals surface area contributed by atoms with E-state index in [1.807, 2.05) is 37.2 Å². The number of anilines is 1. The van der Waals surface area contributed by atoms with Crippen molar-refractivity contribution in [3.63, 3.8) is 0 Å². The van der Waals surface area contributed by atoms with Gasteiger partial charge >= 0.3 is 0 Å². The number of ether oxygens (including phenoxy) is 2. The molecule has 6 nitrogen and oxygen atoms in total. The van der Waals surface area contributed by atoms with E-state index < -0.39 is 0 Å². The minimum Gasteiger partial charge on any atom is -0.454 e. The summed E-state index contributed by atoms with van der Waals surface area (Å²) in [4.78, 5) is 28.8. The molecule has 2 aromatic carbocycles. The van der Waals surface area contributed by atoms with Crippen LogP contribution in [-0.4, -0.2) is 36.9 Å². The highest BCUT2D eigenvalue weighted by Gasteiger charge is 2.35. The van der Waals surface area contributed by atoms with Gasteiger partial charge < -0.3 is 14.4 Å². The molecule has 2 amide bonds. The molecule has 1 fully saturated rings. The molecule has 2 aromatic rings. The third-order valence-electron chi connectivity index (χ3n) is 4.49. The highest BCUT2D eigenvalue weighted by atomic mass is 79.9. The lowest BCUT2D eigenvalue weighted by atomic mass is 10.1. The average molecular weight is 496 g/mol. The fraction of sp³-hybridized carbons (Fsp3) is 0.200. The maximum Gasteiger partial charge on any atom is 0.293 e. The number of amides is 2. The van der Waals surface area contributed by atoms with Gasteiger partial charge in [-0.1, -0.05) is 17.7 Å². The van der Waals surface area contributed by atoms with Gasteiger partial charge in [-0.25, -0.2) is 0 Å². The third-order valence-corrected chi connectivity index (χ3v) is 6.39. The quantitative estimate of drug-likeness (QED) is 0.548. The molecule has 2 aliphatic heterocycles. The van der Waals surface area contributed by atoms with Crippen LogP contribution < -0.4 is 14.4 Å². The van der Waals surface area contributed by atoms with E-state index in [4.69, 9.17) is 21.1 Å². The minimum atomic E-state index is -0.346. The van der Waals surface area contributed by atoms with Crippen LogP contribution in [0.2, 0.25) is 5.02 Å². The molecule has 0 aromatic heterocycles. The Kier molecular flexibility index (Phi) is 5.50. The lowest BCUT2D eigenvalue weighted by Gasteiger charge is -2.15. The van der Waals surface area contributed by atoms with E-state index in [-0.39, 0.29) is 24.5 Å². The predicted molar refractivity (Wildman–Crippen MR) is 118 cm³/mol. The SMILES string of the molecule is CN(C)c1ccc(/C=C2\SC(=O)N(Cc3cc4c(cc3Cl)OCO4)C2=O)cc1Br. The number of halogens is 2. The van der Waals surface area contributed by atoms with Crippen LogP contribution in [-0.2, 0) is 11.3 Å². The van der Waals surface area contributed by atoms with Gasteiger partial charge in [0.1, 0.15) is 0 Å². The smallest absolute Gasteiger partial charge is 0.293 e. The number of nitrogens with zero attached hydrogens (tertiary/aromatic N) is 2. The fourth-order valence-corrected chi connectivity index (χ4v) is 4.82. The number of imide groups is 1. The molecule has 0 radical (unpaired) electrons. The molecule has 29 heavy (non-hydrogen) atoms. The number of thioether (sulfide) groups is 1. The fourth-order valence-electron chi connectivity index (χ4n) is 3.01. The van der Waals surface area contributed by atoms with Gasteiger partial charge in [-0.3, -0.25) is 14.5 Å². The van der Waals surface area contributed by atoms with Gasteiger partial charge in [-0.2, -0.15) is 0 Å². The first kappa shape index (κ1) is 20.1. The van der Waals surface area contributed by atoms with Crippen molar-refractivity contribution in [2.45, 2.75) is 6.54 Å². The third kappa shape index (κ3) is 3.97. The molecular formula is C20H16BrClN2O4S. The van der Waals surface area contributed by atoms with Crippen LogP contribution in [0.15, 0.2) is 39.7 Å². The van der Waals surface area contributed by atoms with Gasteiger partial charge in [0.15, 0.2) is 11.5 Å². The Bertz CT molecular complexity index is 1060. The summed E-state index contributed by atoms with van der Waals surface area (Å²) in [5, 5.41) is 0.0828. The Morgan fingerprint density at radius 1 is 1.21 bits per heavy atom. The maximum absolute atomic E-state index is 12.8. The molecule has 0 aliphatic carbocycles. The van der Waals surface area contributed by atoms with Crippen molar-refractivity contribution in [3.8, 4) is 11.5 Å². The Balaban J connectivity index is 1.56. The summed E-state index contributed by atoms with van der Waals surface area (Å²) in [7, 11) is 3.90. The molecule has 0 unspecified atom stereocenters. The van der Waals surface area contributed by atoms with Crippen molar-refractivity contribution in [3.05, 3.63) is 55.9 Å². The first-order valence-electron chi connectivity index (χ1n) is 8.64. The molecule has 0 saturated carbocycles. The van der Waals surface area contributed by atoms with E-state index in [1.54, 1.807) is 18.2 Å². The van der Waals surface area contributed by atoms with E-state index in [0.29, 0.717) is 27.0 Å². The normalized spacial score (nSPS) is 16.8. The summed E-state index contributed by atoms with van der Waals surface area (Å²) in [5.41, 5.74) is 2.47. The second-order valence-corrected chi connectivity index (χ2v) is 8.92. The monoisotopic (exact) mass is 494 g/mol. The number of hydrogen-bond acceptors (Lipinski definition) is 6. The lowest BCUT2D eigenvalue weighted by molar-refractivity contribution is -0.123. The zero-order chi connectivity index (χ0) is 20.7. The topological polar surface area (TPSA) is 59.1 Å². The Morgan fingerprint density at radius 3 is 2.62 bits per heavy atom. The van der Waals surface area contributed by atoms with Gasteiger partial charge in [0.2, 0.25) is 6.79 Å². The highest BCUT2D eigenvalue weighted by molar-refractivity contribution is 9.10. The summed E-state index contributed by atoms with van der Waals surface area (Å²) < 4.78 is 11.5. The van der Waals surface area contributed by atoms with Gasteiger partial charge in [0.05, 0.1) is 17.1 Å². The van der Waals surface area contributed by atoms with Crippen LogP contribution in [0.25, 0.3) is 6.08 Å². The van der Waals surface area contributed by atoms with Gasteiger partial charge in [-0.15, -0.1) is 0 Å². The Hall–Kier alpha value is -2.16. The molecule has 0 spiro atoms. The van der Waals surface area contributed by atoms with Crippen LogP contribution >= 0.6 is 39.3 Å². The van der Waals surface area contributed by atoms with Crippen LogP contribution in [0, 0.1) is 0 Å². The van der Waals surface area contributed by atoms with Crippen molar-refractivity contribution in [1.82, 2.24) is 4.90 Å². The molecule has 2 heterocycles. The molecule has 9 heteroatoms. The first-order chi connectivity index (χ1) is 13.8. The van der Waals surface area contributed by atoms with E-state index in [1.165, 1.54) is 4.90 Å². The van der Waals surface area contributed by atoms with E-state index in [9.17, 15) is 9.59 Å². The number of carbonyl (C=O) groups is 2. The second-order valence-electron chi connectivity index (χ2n) is 6.67. The molecule has 0 bridgehead atoms. The number of carbonyl (C=O) groups excluding carboxylic acids is 2. The van der Waals surface area contributed by atoms with Crippen molar-refractivity contribution in [1.29, 1.82) is 0 Å². The standard InChI is InChI=1S/C20H16BrClN2O4S/c1-23(2)15-4-3-11(5-13(15)21)6-18-19(25)24(20(26)29-18)9-12-7-16-17(8-14(12)22)28-10-27-16/h3-8H,9-10H2,1-2H3/b18-6-. The van der Waals surface area contributed by atoms with Crippen molar-refractivity contribution in [2.24, 2.45) is 0 Å². The molecule has 1 saturated heterocycles. The van der Waals surface area contributed by atoms with Crippen LogP contribution in [0.5, 0.6) is 11.5 Å². The second kappa shape index (κ2) is 7.93. The largest absolute Gasteiger partial charge is 0.454 e. The van der Waals surface area contributed by atoms with Gasteiger partial charge in [0.25, 0.3) is 11.1 Å². The van der Waals surface area contributed by atoms with Crippen LogP contribution in [0.4, 0.5) is 10.5 Å². The zero-order valence-corrected chi connectivity index (χ0v) is 18.7. The van der Waals surface area contributed by atoms with Crippen molar-refractivity contribution >= 4 is 62.2 Å². The summed E-state index contributed by atoms with van der Waals surface area (Å²) in [6.07, 6.45) is 1.72. The van der Waals surface area contributed by atoms with E-state index in [2.05, 4.69) is 15.9 Å². The van der Waals surface area contributed by atoms with Crippen molar-refractivity contribution in [2.75, 3.05) is 25.8 Å². The van der Waals surface area contributed by atoms with E-state index in [0.717, 1.165) is 27.5 Å². The summed E-state index contributed by atoms with van der Waals surface area (Å²) >= 11 is 10.7. The number of fused-ring (bicyclic) bond motifs is 1. The summed E-state index contributed by atoms with van der Waals surface area (Å²) in [6, 6.07) is 9.11. The minimum absolute atomic E-state index is 0.0702. The molecule has 2 aliphatic rings. The zero-order valence-electron chi connectivity index (χ0n) is 15.6. The molecule has 150 valence electrons. The van der Waals surface area contributed by atoms with Crippen molar-refractivity contribution < 1.29 is 19.1 Å².